The van der Waals surface area contributed by atoms with Gasteiger partial charge in [-0.2, -0.15) is 0 Å². The second kappa shape index (κ2) is 5.86. The maximum absolute atomic E-state index is 5.44. The summed E-state index contributed by atoms with van der Waals surface area (Å²) in [6.45, 7) is 9.41. The van der Waals surface area contributed by atoms with Crippen molar-refractivity contribution in [2.75, 3.05) is 13.6 Å². The van der Waals surface area contributed by atoms with Crippen molar-refractivity contribution in [1.29, 1.82) is 0 Å². The molecule has 14 heavy (non-hydrogen) atoms. The molecule has 0 saturated carbocycles. The van der Waals surface area contributed by atoms with Gasteiger partial charge in [0.15, 0.2) is 0 Å². The molecule has 84 valence electrons. The zero-order valence-corrected chi connectivity index (χ0v) is 10.1. The standard InChI is InChI=1S/C10H24N4/c1-6-8-12-9(13-11)14(5)10(3,4)7-2/h6-8,11H2,1-5H3,(H,12,13). The van der Waals surface area contributed by atoms with E-state index in [1.54, 1.807) is 0 Å². The Bertz CT molecular complexity index is 187. The fraction of sp³-hybridized carbons (Fsp3) is 0.900. The van der Waals surface area contributed by atoms with E-state index in [9.17, 15) is 0 Å². The molecule has 0 aromatic rings. The van der Waals surface area contributed by atoms with Gasteiger partial charge in [-0.3, -0.25) is 10.4 Å². The molecule has 0 aliphatic rings. The van der Waals surface area contributed by atoms with Gasteiger partial charge < -0.3 is 4.90 Å². The minimum atomic E-state index is 0.0823. The van der Waals surface area contributed by atoms with Gasteiger partial charge in [-0.15, -0.1) is 0 Å². The van der Waals surface area contributed by atoms with Crippen LogP contribution in [-0.2, 0) is 0 Å². The predicted molar refractivity (Wildman–Crippen MR) is 62.0 cm³/mol. The molecule has 0 rings (SSSR count). The van der Waals surface area contributed by atoms with Gasteiger partial charge in [0.25, 0.3) is 0 Å². The number of hydrogen-bond acceptors (Lipinski definition) is 2. The molecule has 0 atom stereocenters. The molecule has 0 heterocycles. The molecule has 0 aliphatic heterocycles. The molecule has 4 nitrogen and oxygen atoms in total. The summed E-state index contributed by atoms with van der Waals surface area (Å²) in [6.07, 6.45) is 2.09. The molecule has 0 fully saturated rings. The summed E-state index contributed by atoms with van der Waals surface area (Å²) in [5, 5.41) is 0. The molecule has 0 aromatic heterocycles. The van der Waals surface area contributed by atoms with E-state index >= 15 is 0 Å². The highest BCUT2D eigenvalue weighted by atomic mass is 15.4. The van der Waals surface area contributed by atoms with Gasteiger partial charge in [0.2, 0.25) is 5.96 Å². The van der Waals surface area contributed by atoms with Gasteiger partial charge >= 0.3 is 0 Å². The minimum Gasteiger partial charge on any atom is -0.340 e. The van der Waals surface area contributed by atoms with Crippen molar-refractivity contribution in [2.24, 2.45) is 10.8 Å². The highest BCUT2D eigenvalue weighted by Gasteiger charge is 2.23. The molecule has 4 heteroatoms. The summed E-state index contributed by atoms with van der Waals surface area (Å²) >= 11 is 0. The number of nitrogens with one attached hydrogen (secondary N) is 1. The van der Waals surface area contributed by atoms with Crippen LogP contribution in [0.3, 0.4) is 0 Å². The molecular weight excluding hydrogens is 176 g/mol. The lowest BCUT2D eigenvalue weighted by atomic mass is 10.0. The van der Waals surface area contributed by atoms with Crippen molar-refractivity contribution in [3.8, 4) is 0 Å². The Labute approximate surface area is 87.5 Å². The zero-order valence-electron chi connectivity index (χ0n) is 10.1. The Balaban J connectivity index is 4.52. The topological polar surface area (TPSA) is 53.6 Å². The Kier molecular flexibility index (Phi) is 5.53. The third-order valence-corrected chi connectivity index (χ3v) is 2.71. The number of rotatable bonds is 4. The Morgan fingerprint density at radius 2 is 2.00 bits per heavy atom. The van der Waals surface area contributed by atoms with Crippen LogP contribution in [0.4, 0.5) is 0 Å². The van der Waals surface area contributed by atoms with Gasteiger partial charge in [0.1, 0.15) is 0 Å². The molecule has 0 spiro atoms. The fourth-order valence-corrected chi connectivity index (χ4v) is 0.990. The van der Waals surface area contributed by atoms with E-state index in [4.69, 9.17) is 5.84 Å². The number of nitrogens with zero attached hydrogens (tertiary/aromatic N) is 2. The summed E-state index contributed by atoms with van der Waals surface area (Å²) in [4.78, 5) is 6.47. The van der Waals surface area contributed by atoms with Crippen LogP contribution in [-0.4, -0.2) is 30.0 Å². The van der Waals surface area contributed by atoms with Crippen molar-refractivity contribution >= 4 is 5.96 Å². The molecule has 3 N–H and O–H groups in total. The monoisotopic (exact) mass is 200 g/mol. The van der Waals surface area contributed by atoms with Crippen LogP contribution in [0.2, 0.25) is 0 Å². The first-order chi connectivity index (χ1) is 6.49. The second-order valence-corrected chi connectivity index (χ2v) is 4.07. The summed E-state index contributed by atoms with van der Waals surface area (Å²) in [5.74, 6) is 6.21. The van der Waals surface area contributed by atoms with E-state index in [0.29, 0.717) is 0 Å². The minimum absolute atomic E-state index is 0.0823. The van der Waals surface area contributed by atoms with Crippen molar-refractivity contribution < 1.29 is 0 Å². The molecular formula is C10H24N4. The van der Waals surface area contributed by atoms with Crippen molar-refractivity contribution in [1.82, 2.24) is 10.3 Å². The van der Waals surface area contributed by atoms with Crippen molar-refractivity contribution in [3.63, 3.8) is 0 Å². The summed E-state index contributed by atoms with van der Waals surface area (Å²) in [5.41, 5.74) is 2.74. The first-order valence-corrected chi connectivity index (χ1v) is 5.24. The van der Waals surface area contributed by atoms with Crippen LogP contribution in [0.25, 0.3) is 0 Å². The molecule has 0 unspecified atom stereocenters. The van der Waals surface area contributed by atoms with Crippen molar-refractivity contribution in [3.05, 3.63) is 0 Å². The van der Waals surface area contributed by atoms with E-state index in [1.807, 2.05) is 7.05 Å². The van der Waals surface area contributed by atoms with Gasteiger partial charge in [0.05, 0.1) is 0 Å². The van der Waals surface area contributed by atoms with Crippen LogP contribution in [0, 0.1) is 0 Å². The number of nitrogens with two attached hydrogens (primary N) is 1. The quantitative estimate of drug-likeness (QED) is 0.311. The Morgan fingerprint density at radius 1 is 1.43 bits per heavy atom. The fourth-order valence-electron chi connectivity index (χ4n) is 0.990. The molecule has 0 radical (unpaired) electrons. The van der Waals surface area contributed by atoms with Gasteiger partial charge in [0, 0.05) is 19.1 Å². The first-order valence-electron chi connectivity index (χ1n) is 5.24. The summed E-state index contributed by atoms with van der Waals surface area (Å²) < 4.78 is 0. The SMILES string of the molecule is CCCN=C(NN)N(C)C(C)(C)CC. The Hall–Kier alpha value is -0.770. The average Bonchev–Trinajstić information content (AvgIpc) is 2.18. The molecule has 0 bridgehead atoms. The van der Waals surface area contributed by atoms with Crippen molar-refractivity contribution in [2.45, 2.75) is 46.1 Å². The summed E-state index contributed by atoms with van der Waals surface area (Å²) in [6, 6.07) is 0. The number of guanidine groups is 1. The molecule has 0 aromatic carbocycles. The number of hydrazine groups is 1. The number of hydrogen-bond donors (Lipinski definition) is 2. The van der Waals surface area contributed by atoms with Crippen LogP contribution in [0.5, 0.6) is 0 Å². The van der Waals surface area contributed by atoms with E-state index in [1.165, 1.54) is 0 Å². The zero-order chi connectivity index (χ0) is 11.2. The molecule has 0 aliphatic carbocycles. The van der Waals surface area contributed by atoms with Crippen LogP contribution >= 0.6 is 0 Å². The lowest BCUT2D eigenvalue weighted by molar-refractivity contribution is 0.238. The Morgan fingerprint density at radius 3 is 2.36 bits per heavy atom. The van der Waals surface area contributed by atoms with Gasteiger partial charge in [-0.25, -0.2) is 5.84 Å². The second-order valence-electron chi connectivity index (χ2n) is 4.07. The third-order valence-electron chi connectivity index (χ3n) is 2.71. The van der Waals surface area contributed by atoms with Crippen LogP contribution < -0.4 is 11.3 Å². The van der Waals surface area contributed by atoms with E-state index < -0.39 is 0 Å². The van der Waals surface area contributed by atoms with E-state index in [0.717, 1.165) is 25.3 Å². The maximum atomic E-state index is 5.44. The normalized spacial score (nSPS) is 12.9. The van der Waals surface area contributed by atoms with Gasteiger partial charge in [-0.05, 0) is 26.7 Å². The average molecular weight is 200 g/mol. The third kappa shape index (κ3) is 3.54. The van der Waals surface area contributed by atoms with E-state index in [2.05, 4.69) is 43.0 Å². The first kappa shape index (κ1) is 13.2. The molecule has 0 amide bonds. The lowest BCUT2D eigenvalue weighted by Gasteiger charge is -2.36. The number of aliphatic imine (C=N–C) groups is 1. The van der Waals surface area contributed by atoms with Gasteiger partial charge in [-0.1, -0.05) is 13.8 Å². The lowest BCUT2D eigenvalue weighted by Crippen LogP contribution is -2.52. The maximum Gasteiger partial charge on any atom is 0.208 e. The summed E-state index contributed by atoms with van der Waals surface area (Å²) in [7, 11) is 2.01. The van der Waals surface area contributed by atoms with Crippen LogP contribution in [0.15, 0.2) is 4.99 Å². The smallest absolute Gasteiger partial charge is 0.208 e. The molecule has 0 saturated heterocycles. The largest absolute Gasteiger partial charge is 0.340 e. The van der Waals surface area contributed by atoms with E-state index in [-0.39, 0.29) is 5.54 Å². The highest BCUT2D eigenvalue weighted by molar-refractivity contribution is 5.79. The van der Waals surface area contributed by atoms with Crippen LogP contribution in [0.1, 0.15) is 40.5 Å². The highest BCUT2D eigenvalue weighted by Crippen LogP contribution is 2.15. The predicted octanol–water partition coefficient (Wildman–Crippen LogP) is 1.34.